The number of unbranched alkanes of at least 4 members (excludes halogenated alkanes) is 2. The number of likely N-dealkylation sites (N-methyl/N-ethyl adjacent to an activating group) is 1. The number of nitrogens with one attached hydrogen (secondary N) is 2. The van der Waals surface area contributed by atoms with E-state index in [1.54, 1.807) is 13.4 Å². The number of ether oxygens (including phenoxy) is 3. The fourth-order valence-corrected chi connectivity index (χ4v) is 4.52. The molecule has 1 aliphatic rings. The van der Waals surface area contributed by atoms with Crippen LogP contribution in [0.2, 0.25) is 0 Å². The Balaban J connectivity index is 1.59. The lowest BCUT2D eigenvalue weighted by molar-refractivity contribution is 0.0990. The molecule has 2 N–H and O–H groups in total. The first kappa shape index (κ1) is 30.8. The van der Waals surface area contributed by atoms with Gasteiger partial charge in [0.05, 0.1) is 24.4 Å². The third-order valence-corrected chi connectivity index (χ3v) is 7.31. The van der Waals surface area contributed by atoms with Gasteiger partial charge in [-0.05, 0) is 56.9 Å². The summed E-state index contributed by atoms with van der Waals surface area (Å²) in [6, 6.07) is 14.6. The fourth-order valence-electron chi connectivity index (χ4n) is 4.52. The van der Waals surface area contributed by atoms with Crippen molar-refractivity contribution in [2.24, 2.45) is 5.92 Å². The van der Waals surface area contributed by atoms with Crippen LogP contribution in [0.25, 0.3) is 10.9 Å². The molecule has 41 heavy (non-hydrogen) atoms. The molecule has 0 saturated heterocycles. The van der Waals surface area contributed by atoms with E-state index in [0.717, 1.165) is 60.5 Å². The Bertz CT molecular complexity index is 1220. The molecule has 1 unspecified atom stereocenters. The number of anilines is 2. The van der Waals surface area contributed by atoms with Gasteiger partial charge in [-0.2, -0.15) is 0 Å². The zero-order chi connectivity index (χ0) is 28.9. The number of aromatic nitrogens is 2. The van der Waals surface area contributed by atoms with Crippen molar-refractivity contribution in [2.45, 2.75) is 58.2 Å². The van der Waals surface area contributed by atoms with Crippen LogP contribution in [0.5, 0.6) is 5.75 Å². The number of fused-ring (bicyclic) bond motifs is 1. The van der Waals surface area contributed by atoms with E-state index in [1.165, 1.54) is 18.4 Å². The smallest absolute Gasteiger partial charge is 0.147 e. The van der Waals surface area contributed by atoms with Crippen molar-refractivity contribution >= 4 is 22.4 Å². The van der Waals surface area contributed by atoms with Gasteiger partial charge in [0, 0.05) is 44.3 Å². The molecule has 1 aromatic heterocycles. The largest absolute Gasteiger partial charge is 0.491 e. The van der Waals surface area contributed by atoms with E-state index in [0.29, 0.717) is 25.7 Å². The molecular weight excluding hydrogens is 514 g/mol. The van der Waals surface area contributed by atoms with Gasteiger partial charge in [-0.3, -0.25) is 0 Å². The standard InChI is InChI=1S/C33H47N5O3/c1-5-6-10-19-40-32(14-11-17-38(3)18-20-39-4)37-30-21-28-29(22-31(30)41-23-26-15-16-26)34-24-35-33(28)36-25(2)27-12-8-7-9-13-27/h7-9,11-14,21-22,24-26,32,37H,5-6,10,15-20,23H2,1-4H3,(H,34,35,36)/t25-,32?/m1/s1. The second kappa shape index (κ2) is 16.3. The maximum Gasteiger partial charge on any atom is 0.147 e. The summed E-state index contributed by atoms with van der Waals surface area (Å²) in [4.78, 5) is 11.4. The van der Waals surface area contributed by atoms with Crippen LogP contribution >= 0.6 is 0 Å². The predicted molar refractivity (Wildman–Crippen MR) is 168 cm³/mol. The molecular formula is C33H47N5O3. The van der Waals surface area contributed by atoms with E-state index >= 15 is 0 Å². The average Bonchev–Trinajstić information content (AvgIpc) is 3.82. The molecule has 8 nitrogen and oxygen atoms in total. The van der Waals surface area contributed by atoms with E-state index in [-0.39, 0.29) is 12.3 Å². The van der Waals surface area contributed by atoms with Crippen molar-refractivity contribution in [3.8, 4) is 5.75 Å². The van der Waals surface area contributed by atoms with E-state index in [1.807, 2.05) is 12.1 Å². The Morgan fingerprint density at radius 2 is 1.90 bits per heavy atom. The highest BCUT2D eigenvalue weighted by molar-refractivity contribution is 5.93. The number of rotatable bonds is 19. The summed E-state index contributed by atoms with van der Waals surface area (Å²) in [5.74, 6) is 2.22. The van der Waals surface area contributed by atoms with Gasteiger partial charge >= 0.3 is 0 Å². The Hall–Kier alpha value is -3.20. The molecule has 4 rings (SSSR count). The summed E-state index contributed by atoms with van der Waals surface area (Å²) < 4.78 is 17.9. The van der Waals surface area contributed by atoms with Crippen LogP contribution in [0.15, 0.2) is 60.9 Å². The maximum absolute atomic E-state index is 6.35. The minimum atomic E-state index is -0.298. The molecule has 1 fully saturated rings. The quantitative estimate of drug-likeness (QED) is 0.0954. The Morgan fingerprint density at radius 1 is 1.07 bits per heavy atom. The van der Waals surface area contributed by atoms with Crippen LogP contribution in [0.1, 0.15) is 57.6 Å². The summed E-state index contributed by atoms with van der Waals surface area (Å²) in [6.45, 7) is 8.13. The van der Waals surface area contributed by atoms with Gasteiger partial charge in [0.15, 0.2) is 0 Å². The first-order valence-corrected chi connectivity index (χ1v) is 15.0. The molecule has 0 bridgehead atoms. The lowest BCUT2D eigenvalue weighted by Gasteiger charge is -2.22. The van der Waals surface area contributed by atoms with Crippen LogP contribution in [-0.4, -0.2) is 68.2 Å². The lowest BCUT2D eigenvalue weighted by atomic mass is 10.1. The Kier molecular flexibility index (Phi) is 12.2. The number of hydrogen-bond acceptors (Lipinski definition) is 8. The van der Waals surface area contributed by atoms with E-state index in [2.05, 4.69) is 88.9 Å². The van der Waals surface area contributed by atoms with Crippen molar-refractivity contribution in [3.05, 3.63) is 66.5 Å². The highest BCUT2D eigenvalue weighted by Gasteiger charge is 2.23. The molecule has 8 heteroatoms. The topological polar surface area (TPSA) is 80.8 Å². The third kappa shape index (κ3) is 9.99. The van der Waals surface area contributed by atoms with Crippen molar-refractivity contribution < 1.29 is 14.2 Å². The second-order valence-electron chi connectivity index (χ2n) is 10.9. The molecule has 1 aliphatic carbocycles. The van der Waals surface area contributed by atoms with Gasteiger partial charge in [0.25, 0.3) is 0 Å². The highest BCUT2D eigenvalue weighted by Crippen LogP contribution is 2.36. The zero-order valence-corrected chi connectivity index (χ0v) is 25.1. The lowest BCUT2D eigenvalue weighted by Crippen LogP contribution is -2.25. The number of hydrogen-bond donors (Lipinski definition) is 2. The maximum atomic E-state index is 6.35. The van der Waals surface area contributed by atoms with Crippen molar-refractivity contribution in [2.75, 3.05) is 57.7 Å². The Morgan fingerprint density at radius 3 is 2.66 bits per heavy atom. The van der Waals surface area contributed by atoms with Crippen LogP contribution in [-0.2, 0) is 9.47 Å². The zero-order valence-electron chi connectivity index (χ0n) is 25.1. The van der Waals surface area contributed by atoms with Gasteiger partial charge in [0.1, 0.15) is 24.1 Å². The minimum Gasteiger partial charge on any atom is -0.491 e. The SMILES string of the molecule is CCCCCOC(C=CCN(C)CCOC)Nc1cc2c(N[C@H](C)c3ccccc3)ncnc2cc1OCC1CC1. The van der Waals surface area contributed by atoms with Gasteiger partial charge in [-0.25, -0.2) is 9.97 Å². The van der Waals surface area contributed by atoms with Gasteiger partial charge < -0.3 is 29.7 Å². The van der Waals surface area contributed by atoms with Gasteiger partial charge in [-0.15, -0.1) is 0 Å². The predicted octanol–water partition coefficient (Wildman–Crippen LogP) is 6.67. The number of nitrogens with zero attached hydrogens (tertiary/aromatic N) is 3. The van der Waals surface area contributed by atoms with Gasteiger partial charge in [-0.1, -0.05) is 56.2 Å². The normalized spacial score (nSPS) is 15.0. The Labute approximate surface area is 245 Å². The summed E-state index contributed by atoms with van der Waals surface area (Å²) in [5.41, 5.74) is 2.92. The van der Waals surface area contributed by atoms with E-state index < -0.39 is 0 Å². The van der Waals surface area contributed by atoms with E-state index in [4.69, 9.17) is 14.2 Å². The summed E-state index contributed by atoms with van der Waals surface area (Å²) >= 11 is 0. The molecule has 0 amide bonds. The molecule has 0 aliphatic heterocycles. The average molecular weight is 562 g/mol. The van der Waals surface area contributed by atoms with Crippen molar-refractivity contribution in [1.29, 1.82) is 0 Å². The monoisotopic (exact) mass is 561 g/mol. The second-order valence-corrected chi connectivity index (χ2v) is 10.9. The molecule has 1 heterocycles. The molecule has 0 spiro atoms. The van der Waals surface area contributed by atoms with Gasteiger partial charge in [0.2, 0.25) is 0 Å². The van der Waals surface area contributed by atoms with Crippen LogP contribution in [0, 0.1) is 5.92 Å². The van der Waals surface area contributed by atoms with Crippen molar-refractivity contribution in [3.63, 3.8) is 0 Å². The number of benzene rings is 2. The summed E-state index contributed by atoms with van der Waals surface area (Å²) in [7, 11) is 3.82. The molecule has 222 valence electrons. The molecule has 2 atom stereocenters. The third-order valence-electron chi connectivity index (χ3n) is 7.31. The minimum absolute atomic E-state index is 0.0872. The molecule has 1 saturated carbocycles. The first-order chi connectivity index (χ1) is 20.1. The first-order valence-electron chi connectivity index (χ1n) is 15.0. The van der Waals surface area contributed by atoms with E-state index in [9.17, 15) is 0 Å². The van der Waals surface area contributed by atoms with Crippen molar-refractivity contribution in [1.82, 2.24) is 14.9 Å². The molecule has 3 aromatic rings. The van der Waals surface area contributed by atoms with Crippen LogP contribution in [0.3, 0.4) is 0 Å². The summed E-state index contributed by atoms with van der Waals surface area (Å²) in [6.07, 6.45) is 11.3. The summed E-state index contributed by atoms with van der Waals surface area (Å²) in [5, 5.41) is 8.16. The van der Waals surface area contributed by atoms with Crippen LogP contribution in [0.4, 0.5) is 11.5 Å². The van der Waals surface area contributed by atoms with Crippen LogP contribution < -0.4 is 15.4 Å². The number of methoxy groups -OCH3 is 1. The molecule has 2 aromatic carbocycles. The highest BCUT2D eigenvalue weighted by atomic mass is 16.5. The fraction of sp³-hybridized carbons (Fsp3) is 0.515. The molecule has 0 radical (unpaired) electrons.